The molecular weight excluding hydrogens is 272 g/mol. The van der Waals surface area contributed by atoms with E-state index < -0.39 is 17.5 Å². The standard InChI is InChI=1S/C16H20O5/c1-8-10(15(18)19)7-11-13(20-8)9-5-4-6-12(17)14(9)21-16(11,2)3/h4-6,8,10-11,13,17H,7H2,1-3H3,(H,18,19)/t8-,10+,11-,13+/m1/s1. The Labute approximate surface area is 123 Å². The summed E-state index contributed by atoms with van der Waals surface area (Å²) in [6.07, 6.45) is -0.113. The predicted molar refractivity (Wildman–Crippen MR) is 75.3 cm³/mol. The van der Waals surface area contributed by atoms with Crippen molar-refractivity contribution in [3.63, 3.8) is 0 Å². The Balaban J connectivity index is 2.05. The number of carboxylic acid groups (broad SMARTS) is 1. The highest BCUT2D eigenvalue weighted by atomic mass is 16.5. The number of hydrogen-bond donors (Lipinski definition) is 2. The highest BCUT2D eigenvalue weighted by molar-refractivity contribution is 5.71. The molecule has 0 aromatic heterocycles. The third-order valence-electron chi connectivity index (χ3n) is 4.71. The summed E-state index contributed by atoms with van der Waals surface area (Å²) in [6, 6.07) is 5.21. The number of rotatable bonds is 1. The summed E-state index contributed by atoms with van der Waals surface area (Å²) in [7, 11) is 0. The Kier molecular flexibility index (Phi) is 3.13. The number of phenols is 1. The molecule has 21 heavy (non-hydrogen) atoms. The first kappa shape index (κ1) is 14.2. The molecule has 1 saturated heterocycles. The van der Waals surface area contributed by atoms with Gasteiger partial charge in [-0.05, 0) is 33.3 Å². The summed E-state index contributed by atoms with van der Waals surface area (Å²) in [5.74, 6) is -0.893. The Morgan fingerprint density at radius 3 is 2.76 bits per heavy atom. The van der Waals surface area contributed by atoms with Crippen LogP contribution in [0.2, 0.25) is 0 Å². The molecule has 5 nitrogen and oxygen atoms in total. The molecule has 2 N–H and O–H groups in total. The van der Waals surface area contributed by atoms with Crippen molar-refractivity contribution in [3.05, 3.63) is 23.8 Å². The summed E-state index contributed by atoms with van der Waals surface area (Å²) in [4.78, 5) is 11.4. The van der Waals surface area contributed by atoms with Crippen LogP contribution < -0.4 is 4.74 Å². The number of aromatic hydroxyl groups is 1. The summed E-state index contributed by atoms with van der Waals surface area (Å²) in [6.45, 7) is 5.62. The first-order valence-electron chi connectivity index (χ1n) is 7.20. The molecule has 0 bridgehead atoms. The lowest BCUT2D eigenvalue weighted by atomic mass is 9.72. The molecule has 0 spiro atoms. The maximum atomic E-state index is 11.4. The number of para-hydroxylation sites is 1. The Morgan fingerprint density at radius 2 is 2.10 bits per heavy atom. The van der Waals surface area contributed by atoms with E-state index in [4.69, 9.17) is 9.47 Å². The molecule has 0 saturated carbocycles. The van der Waals surface area contributed by atoms with Crippen LogP contribution in [0.25, 0.3) is 0 Å². The van der Waals surface area contributed by atoms with Crippen molar-refractivity contribution in [1.82, 2.24) is 0 Å². The Morgan fingerprint density at radius 1 is 1.38 bits per heavy atom. The van der Waals surface area contributed by atoms with Crippen molar-refractivity contribution >= 4 is 5.97 Å². The summed E-state index contributed by atoms with van der Waals surface area (Å²) in [5, 5.41) is 19.4. The first-order chi connectivity index (χ1) is 9.81. The summed E-state index contributed by atoms with van der Waals surface area (Å²) in [5.41, 5.74) is 0.208. The molecule has 4 atom stereocenters. The third-order valence-corrected chi connectivity index (χ3v) is 4.71. The fourth-order valence-corrected chi connectivity index (χ4v) is 3.47. The van der Waals surface area contributed by atoms with Crippen LogP contribution in [0.4, 0.5) is 0 Å². The number of phenolic OH excluding ortho intramolecular Hbond substituents is 1. The minimum Gasteiger partial charge on any atom is -0.504 e. The molecule has 0 aliphatic carbocycles. The van der Waals surface area contributed by atoms with Crippen LogP contribution in [0, 0.1) is 11.8 Å². The van der Waals surface area contributed by atoms with E-state index in [2.05, 4.69) is 0 Å². The van der Waals surface area contributed by atoms with Gasteiger partial charge in [0.25, 0.3) is 0 Å². The Hall–Kier alpha value is -1.75. The fraction of sp³-hybridized carbons (Fsp3) is 0.562. The highest BCUT2D eigenvalue weighted by Gasteiger charge is 2.51. The highest BCUT2D eigenvalue weighted by Crippen LogP contribution is 2.53. The van der Waals surface area contributed by atoms with Gasteiger partial charge in [0.15, 0.2) is 11.5 Å². The zero-order valence-corrected chi connectivity index (χ0v) is 12.4. The maximum absolute atomic E-state index is 11.4. The van der Waals surface area contributed by atoms with Gasteiger partial charge in [-0.3, -0.25) is 4.79 Å². The molecule has 114 valence electrons. The molecule has 2 aliphatic rings. The van der Waals surface area contributed by atoms with E-state index in [1.54, 1.807) is 19.1 Å². The van der Waals surface area contributed by atoms with Gasteiger partial charge < -0.3 is 19.7 Å². The van der Waals surface area contributed by atoms with Crippen molar-refractivity contribution in [2.45, 2.75) is 45.0 Å². The van der Waals surface area contributed by atoms with E-state index in [0.29, 0.717) is 12.2 Å². The minimum absolute atomic E-state index is 0.0656. The largest absolute Gasteiger partial charge is 0.504 e. The number of fused-ring (bicyclic) bond motifs is 3. The summed E-state index contributed by atoms with van der Waals surface area (Å²) < 4.78 is 12.0. The van der Waals surface area contributed by atoms with Gasteiger partial charge in [0.1, 0.15) is 5.60 Å². The number of benzene rings is 1. The average Bonchev–Trinajstić information content (AvgIpc) is 2.39. The average molecular weight is 292 g/mol. The number of hydrogen-bond acceptors (Lipinski definition) is 4. The van der Waals surface area contributed by atoms with Crippen molar-refractivity contribution in [2.75, 3.05) is 0 Å². The minimum atomic E-state index is -0.835. The second-order valence-corrected chi connectivity index (χ2v) is 6.45. The zero-order chi connectivity index (χ0) is 15.4. The van der Waals surface area contributed by atoms with Crippen molar-refractivity contribution in [1.29, 1.82) is 0 Å². The van der Waals surface area contributed by atoms with Crippen molar-refractivity contribution in [3.8, 4) is 11.5 Å². The first-order valence-corrected chi connectivity index (χ1v) is 7.20. The van der Waals surface area contributed by atoms with Crippen LogP contribution in [0.3, 0.4) is 0 Å². The van der Waals surface area contributed by atoms with Crippen LogP contribution in [-0.4, -0.2) is 27.9 Å². The molecule has 0 unspecified atom stereocenters. The molecule has 0 radical (unpaired) electrons. The van der Waals surface area contributed by atoms with Gasteiger partial charge in [-0.25, -0.2) is 0 Å². The second kappa shape index (κ2) is 4.63. The molecular formula is C16H20O5. The molecule has 1 fully saturated rings. The van der Waals surface area contributed by atoms with E-state index in [0.717, 1.165) is 5.56 Å². The lowest BCUT2D eigenvalue weighted by molar-refractivity contribution is -0.183. The van der Waals surface area contributed by atoms with Gasteiger partial charge in [-0.1, -0.05) is 12.1 Å². The van der Waals surface area contributed by atoms with Crippen LogP contribution >= 0.6 is 0 Å². The van der Waals surface area contributed by atoms with E-state index >= 15 is 0 Å². The topological polar surface area (TPSA) is 76.0 Å². The van der Waals surface area contributed by atoms with Gasteiger partial charge in [-0.2, -0.15) is 0 Å². The molecule has 2 heterocycles. The van der Waals surface area contributed by atoms with Crippen LogP contribution in [0.5, 0.6) is 11.5 Å². The van der Waals surface area contributed by atoms with E-state index in [-0.39, 0.29) is 23.9 Å². The van der Waals surface area contributed by atoms with Gasteiger partial charge in [0.05, 0.1) is 18.1 Å². The second-order valence-electron chi connectivity index (χ2n) is 6.45. The molecule has 5 heteroatoms. The van der Waals surface area contributed by atoms with Crippen molar-refractivity contribution in [2.24, 2.45) is 11.8 Å². The van der Waals surface area contributed by atoms with Gasteiger partial charge in [-0.15, -0.1) is 0 Å². The fourth-order valence-electron chi connectivity index (χ4n) is 3.47. The monoisotopic (exact) mass is 292 g/mol. The number of aliphatic carboxylic acids is 1. The van der Waals surface area contributed by atoms with E-state index in [1.807, 2.05) is 19.9 Å². The maximum Gasteiger partial charge on any atom is 0.309 e. The van der Waals surface area contributed by atoms with Crippen molar-refractivity contribution < 1.29 is 24.5 Å². The summed E-state index contributed by atoms with van der Waals surface area (Å²) >= 11 is 0. The number of carboxylic acids is 1. The quantitative estimate of drug-likeness (QED) is 0.832. The Bertz CT molecular complexity index is 580. The van der Waals surface area contributed by atoms with Crippen LogP contribution in [0.15, 0.2) is 18.2 Å². The lowest BCUT2D eigenvalue weighted by Crippen LogP contribution is -2.51. The molecule has 1 aromatic carbocycles. The number of carbonyl (C=O) groups is 1. The lowest BCUT2D eigenvalue weighted by Gasteiger charge is -2.49. The predicted octanol–water partition coefficient (Wildman–Crippen LogP) is 2.73. The third kappa shape index (κ3) is 2.16. The molecule has 0 amide bonds. The zero-order valence-electron chi connectivity index (χ0n) is 12.4. The normalized spacial score (nSPS) is 33.5. The van der Waals surface area contributed by atoms with E-state index in [9.17, 15) is 15.0 Å². The van der Waals surface area contributed by atoms with Crippen LogP contribution in [-0.2, 0) is 9.53 Å². The van der Waals surface area contributed by atoms with Gasteiger partial charge in [0.2, 0.25) is 0 Å². The molecule has 2 aliphatic heterocycles. The molecule has 3 rings (SSSR count). The number of ether oxygens (including phenoxy) is 2. The van der Waals surface area contributed by atoms with Gasteiger partial charge in [0, 0.05) is 11.5 Å². The smallest absolute Gasteiger partial charge is 0.309 e. The van der Waals surface area contributed by atoms with Crippen LogP contribution in [0.1, 0.15) is 38.9 Å². The van der Waals surface area contributed by atoms with E-state index in [1.165, 1.54) is 0 Å². The molecule has 1 aromatic rings. The SMILES string of the molecule is C[C@H]1O[C@H]2c3cccc(O)c3OC(C)(C)[C@@H]2C[C@@H]1C(=O)O. The van der Waals surface area contributed by atoms with Gasteiger partial charge >= 0.3 is 5.97 Å².